The molecule has 158 valence electrons. The predicted octanol–water partition coefficient (Wildman–Crippen LogP) is 5.02. The number of carbonyl (C=O) groups excluding carboxylic acids is 1. The number of likely N-dealkylation sites (N-methyl/N-ethyl adjacent to an activating group) is 1. The minimum Gasteiger partial charge on any atom is -0.508 e. The Balaban J connectivity index is 1.69. The number of ketones is 1. The third-order valence-corrected chi connectivity index (χ3v) is 5.89. The van der Waals surface area contributed by atoms with Crippen LogP contribution in [0.5, 0.6) is 5.75 Å². The molecule has 0 amide bonds. The molecule has 0 saturated carbocycles. The van der Waals surface area contributed by atoms with Crippen LogP contribution in [0, 0.1) is 6.92 Å². The maximum absolute atomic E-state index is 12.7. The average molecular weight is 413 g/mol. The van der Waals surface area contributed by atoms with Gasteiger partial charge >= 0.3 is 0 Å². The summed E-state index contributed by atoms with van der Waals surface area (Å²) in [4.78, 5) is 17.4. The zero-order valence-corrected chi connectivity index (χ0v) is 18.1. The normalized spacial score (nSPS) is 14.8. The van der Waals surface area contributed by atoms with Gasteiger partial charge in [0.05, 0.1) is 0 Å². The SMILES string of the molecule is Cc1ccccc1-c1ccc(N2CCN(C)CC2)c(C=CC(=O)c2ccc(O)cc2)c1. The van der Waals surface area contributed by atoms with Crippen molar-refractivity contribution in [1.29, 1.82) is 0 Å². The van der Waals surface area contributed by atoms with Crippen molar-refractivity contribution in [3.63, 3.8) is 0 Å². The molecule has 0 bridgehead atoms. The molecule has 1 aliphatic heterocycles. The third-order valence-electron chi connectivity index (χ3n) is 5.89. The second-order valence-electron chi connectivity index (χ2n) is 8.12. The minimum atomic E-state index is -0.0781. The van der Waals surface area contributed by atoms with Gasteiger partial charge in [0.2, 0.25) is 0 Å². The summed E-state index contributed by atoms with van der Waals surface area (Å²) in [5.74, 6) is 0.0782. The number of hydrogen-bond donors (Lipinski definition) is 1. The lowest BCUT2D eigenvalue weighted by molar-refractivity contribution is 0.104. The zero-order valence-electron chi connectivity index (χ0n) is 18.1. The van der Waals surface area contributed by atoms with E-state index in [1.165, 1.54) is 23.3 Å². The molecule has 3 aromatic rings. The fraction of sp³-hybridized carbons (Fsp3) is 0.222. The molecule has 1 heterocycles. The number of anilines is 1. The zero-order chi connectivity index (χ0) is 21.8. The van der Waals surface area contributed by atoms with Crippen molar-refractivity contribution in [2.75, 3.05) is 38.1 Å². The molecule has 3 aromatic carbocycles. The van der Waals surface area contributed by atoms with Crippen LogP contribution in [0.15, 0.2) is 72.8 Å². The minimum absolute atomic E-state index is 0.0781. The van der Waals surface area contributed by atoms with E-state index >= 15 is 0 Å². The lowest BCUT2D eigenvalue weighted by Crippen LogP contribution is -2.44. The second kappa shape index (κ2) is 9.19. The van der Waals surface area contributed by atoms with Gasteiger partial charge in [-0.2, -0.15) is 0 Å². The molecule has 1 fully saturated rings. The van der Waals surface area contributed by atoms with Crippen LogP contribution in [0.2, 0.25) is 0 Å². The smallest absolute Gasteiger partial charge is 0.185 e. The average Bonchev–Trinajstić information content (AvgIpc) is 2.79. The number of phenolic OH excluding ortho intramolecular Hbond substituents is 1. The first kappa shape index (κ1) is 20.9. The Morgan fingerprint density at radius 2 is 1.65 bits per heavy atom. The molecule has 0 aliphatic carbocycles. The molecule has 1 N–H and O–H groups in total. The highest BCUT2D eigenvalue weighted by Gasteiger charge is 2.17. The lowest BCUT2D eigenvalue weighted by Gasteiger charge is -2.35. The Bertz CT molecular complexity index is 1090. The summed E-state index contributed by atoms with van der Waals surface area (Å²) >= 11 is 0. The van der Waals surface area contributed by atoms with Crippen LogP contribution in [0.25, 0.3) is 17.2 Å². The van der Waals surface area contributed by atoms with Crippen LogP contribution in [0.3, 0.4) is 0 Å². The van der Waals surface area contributed by atoms with E-state index in [0.717, 1.165) is 43.0 Å². The summed E-state index contributed by atoms with van der Waals surface area (Å²) in [5, 5.41) is 9.47. The Labute approximate surface area is 184 Å². The van der Waals surface area contributed by atoms with E-state index in [9.17, 15) is 9.90 Å². The van der Waals surface area contributed by atoms with Crippen molar-refractivity contribution in [3.05, 3.63) is 89.5 Å². The summed E-state index contributed by atoms with van der Waals surface area (Å²) in [7, 11) is 2.15. The molecule has 4 heteroatoms. The number of benzene rings is 3. The van der Waals surface area contributed by atoms with Crippen molar-refractivity contribution >= 4 is 17.5 Å². The first-order valence-electron chi connectivity index (χ1n) is 10.7. The van der Waals surface area contributed by atoms with Crippen LogP contribution < -0.4 is 4.90 Å². The second-order valence-corrected chi connectivity index (χ2v) is 8.12. The van der Waals surface area contributed by atoms with Gasteiger partial charge in [-0.15, -0.1) is 0 Å². The summed E-state index contributed by atoms with van der Waals surface area (Å²) in [6, 6.07) is 21.3. The molecule has 1 aliphatic rings. The van der Waals surface area contributed by atoms with Crippen molar-refractivity contribution in [1.82, 2.24) is 4.90 Å². The summed E-state index contributed by atoms with van der Waals surface area (Å²) in [5.41, 5.74) is 6.33. The fourth-order valence-electron chi connectivity index (χ4n) is 3.98. The first-order valence-corrected chi connectivity index (χ1v) is 10.7. The maximum atomic E-state index is 12.7. The molecule has 1 saturated heterocycles. The van der Waals surface area contributed by atoms with Crippen molar-refractivity contribution in [2.24, 2.45) is 0 Å². The van der Waals surface area contributed by atoms with Crippen LogP contribution in [0.1, 0.15) is 21.5 Å². The number of aryl methyl sites for hydroxylation is 1. The highest BCUT2D eigenvalue weighted by molar-refractivity contribution is 6.07. The number of nitrogens with zero attached hydrogens (tertiary/aromatic N) is 2. The van der Waals surface area contributed by atoms with Gasteiger partial charge < -0.3 is 14.9 Å². The Morgan fingerprint density at radius 1 is 0.935 bits per heavy atom. The number of allylic oxidation sites excluding steroid dienone is 1. The van der Waals surface area contributed by atoms with E-state index in [1.807, 2.05) is 6.08 Å². The van der Waals surface area contributed by atoms with Gasteiger partial charge in [0, 0.05) is 37.4 Å². The Morgan fingerprint density at radius 3 is 2.35 bits per heavy atom. The monoisotopic (exact) mass is 412 g/mol. The van der Waals surface area contributed by atoms with Gasteiger partial charge in [-0.1, -0.05) is 30.3 Å². The summed E-state index contributed by atoms with van der Waals surface area (Å²) in [6.07, 6.45) is 3.55. The first-order chi connectivity index (χ1) is 15.0. The molecule has 31 heavy (non-hydrogen) atoms. The van der Waals surface area contributed by atoms with E-state index in [0.29, 0.717) is 5.56 Å². The molecule has 0 unspecified atom stereocenters. The van der Waals surface area contributed by atoms with Crippen molar-refractivity contribution < 1.29 is 9.90 Å². The van der Waals surface area contributed by atoms with Crippen LogP contribution in [-0.4, -0.2) is 49.0 Å². The van der Waals surface area contributed by atoms with E-state index in [2.05, 4.69) is 66.2 Å². The highest BCUT2D eigenvalue weighted by Crippen LogP contribution is 2.31. The number of phenols is 1. The molecule has 4 nitrogen and oxygen atoms in total. The van der Waals surface area contributed by atoms with Crippen molar-refractivity contribution in [2.45, 2.75) is 6.92 Å². The standard InChI is InChI=1S/C27H28N2O2/c1-20-5-3-4-6-25(20)22-9-13-26(29-17-15-28(2)16-18-29)23(19-22)10-14-27(31)21-7-11-24(30)12-8-21/h3-14,19,30H,15-18H2,1-2H3. The Hall–Kier alpha value is -3.37. The van der Waals surface area contributed by atoms with Crippen LogP contribution in [-0.2, 0) is 0 Å². The predicted molar refractivity (Wildman–Crippen MR) is 128 cm³/mol. The maximum Gasteiger partial charge on any atom is 0.185 e. The number of rotatable bonds is 5. The lowest BCUT2D eigenvalue weighted by atomic mass is 9.97. The molecule has 0 aromatic heterocycles. The van der Waals surface area contributed by atoms with Gasteiger partial charge in [-0.05, 0) is 84.8 Å². The van der Waals surface area contributed by atoms with Crippen molar-refractivity contribution in [3.8, 4) is 16.9 Å². The summed E-state index contributed by atoms with van der Waals surface area (Å²) in [6.45, 7) is 6.10. The third kappa shape index (κ3) is 4.86. The van der Waals surface area contributed by atoms with E-state index in [1.54, 1.807) is 18.2 Å². The van der Waals surface area contributed by atoms with E-state index < -0.39 is 0 Å². The van der Waals surface area contributed by atoms with Gasteiger partial charge in [-0.3, -0.25) is 4.79 Å². The number of carbonyl (C=O) groups is 1. The molecule has 0 atom stereocenters. The number of aromatic hydroxyl groups is 1. The van der Waals surface area contributed by atoms with E-state index in [-0.39, 0.29) is 11.5 Å². The number of piperazine rings is 1. The van der Waals surface area contributed by atoms with Gasteiger partial charge in [0.15, 0.2) is 5.78 Å². The van der Waals surface area contributed by atoms with Gasteiger partial charge in [-0.25, -0.2) is 0 Å². The summed E-state index contributed by atoms with van der Waals surface area (Å²) < 4.78 is 0. The molecule has 0 spiro atoms. The molecular formula is C27H28N2O2. The van der Waals surface area contributed by atoms with Gasteiger partial charge in [0.25, 0.3) is 0 Å². The fourth-order valence-corrected chi connectivity index (χ4v) is 3.98. The topological polar surface area (TPSA) is 43.8 Å². The van der Waals surface area contributed by atoms with E-state index in [4.69, 9.17) is 0 Å². The number of hydrogen-bond acceptors (Lipinski definition) is 4. The largest absolute Gasteiger partial charge is 0.508 e. The van der Waals surface area contributed by atoms with Crippen LogP contribution in [0.4, 0.5) is 5.69 Å². The van der Waals surface area contributed by atoms with Crippen LogP contribution >= 0.6 is 0 Å². The Kier molecular flexibility index (Phi) is 6.19. The molecule has 0 radical (unpaired) electrons. The molecular weight excluding hydrogens is 384 g/mol. The highest BCUT2D eigenvalue weighted by atomic mass is 16.3. The van der Waals surface area contributed by atoms with Gasteiger partial charge in [0.1, 0.15) is 5.75 Å². The quantitative estimate of drug-likeness (QED) is 0.472. The molecule has 4 rings (SSSR count).